The quantitative estimate of drug-likeness (QED) is 0.573. The highest BCUT2D eigenvalue weighted by molar-refractivity contribution is 4.91. The summed E-state index contributed by atoms with van der Waals surface area (Å²) in [6.45, 7) is 4.86. The molecule has 1 aliphatic rings. The lowest BCUT2D eigenvalue weighted by atomic mass is 10.2. The van der Waals surface area contributed by atoms with E-state index in [9.17, 15) is 0 Å². The minimum atomic E-state index is 0.180. The Bertz CT molecular complexity index is 380. The summed E-state index contributed by atoms with van der Waals surface area (Å²) in [6.07, 6.45) is 6.20. The standard InChI is InChI=1S/C14H26N4O3/c19-7-3-6-18-11-13(16-17-18)10-15-5-2-8-20-12-14-4-1-9-21-14/h11,14-15,19H,1-10,12H2. The fraction of sp³-hybridized carbons (Fsp3) is 0.857. The van der Waals surface area contributed by atoms with Gasteiger partial charge in [-0.3, -0.25) is 4.68 Å². The molecule has 120 valence electrons. The average molecular weight is 298 g/mol. The highest BCUT2D eigenvalue weighted by Crippen LogP contribution is 2.11. The Morgan fingerprint density at radius 1 is 1.48 bits per heavy atom. The zero-order chi connectivity index (χ0) is 14.8. The van der Waals surface area contributed by atoms with E-state index in [4.69, 9.17) is 14.6 Å². The largest absolute Gasteiger partial charge is 0.396 e. The molecule has 1 unspecified atom stereocenters. The van der Waals surface area contributed by atoms with Crippen molar-refractivity contribution < 1.29 is 14.6 Å². The van der Waals surface area contributed by atoms with E-state index < -0.39 is 0 Å². The molecule has 1 aliphatic heterocycles. The normalized spacial score (nSPS) is 18.4. The first-order valence-electron chi connectivity index (χ1n) is 7.78. The van der Waals surface area contributed by atoms with E-state index in [2.05, 4.69) is 15.6 Å². The van der Waals surface area contributed by atoms with Crippen molar-refractivity contribution in [2.75, 3.05) is 33.0 Å². The Kier molecular flexibility index (Phi) is 7.66. The first-order valence-corrected chi connectivity index (χ1v) is 7.78. The molecular weight excluding hydrogens is 272 g/mol. The summed E-state index contributed by atoms with van der Waals surface area (Å²) in [5.74, 6) is 0. The van der Waals surface area contributed by atoms with Gasteiger partial charge in [-0.15, -0.1) is 5.10 Å². The predicted molar refractivity (Wildman–Crippen MR) is 77.8 cm³/mol. The van der Waals surface area contributed by atoms with Gasteiger partial charge in [-0.25, -0.2) is 0 Å². The van der Waals surface area contributed by atoms with Gasteiger partial charge in [-0.05, 0) is 32.2 Å². The molecule has 0 spiro atoms. The molecule has 1 saturated heterocycles. The Morgan fingerprint density at radius 2 is 2.43 bits per heavy atom. The fourth-order valence-corrected chi connectivity index (χ4v) is 2.27. The van der Waals surface area contributed by atoms with Gasteiger partial charge in [0.25, 0.3) is 0 Å². The van der Waals surface area contributed by atoms with Crippen LogP contribution in [0.5, 0.6) is 0 Å². The van der Waals surface area contributed by atoms with Gasteiger partial charge < -0.3 is 19.9 Å². The van der Waals surface area contributed by atoms with Crippen LogP contribution in [0.1, 0.15) is 31.4 Å². The number of nitrogens with zero attached hydrogens (tertiary/aromatic N) is 3. The van der Waals surface area contributed by atoms with Gasteiger partial charge in [0.05, 0.1) is 18.4 Å². The summed E-state index contributed by atoms with van der Waals surface area (Å²) in [7, 11) is 0. The molecule has 1 fully saturated rings. The van der Waals surface area contributed by atoms with E-state index in [1.54, 1.807) is 4.68 Å². The summed E-state index contributed by atoms with van der Waals surface area (Å²) in [4.78, 5) is 0. The second-order valence-electron chi connectivity index (χ2n) is 5.29. The van der Waals surface area contributed by atoms with Crippen LogP contribution in [0.2, 0.25) is 0 Å². The summed E-state index contributed by atoms with van der Waals surface area (Å²) >= 11 is 0. The molecule has 7 nitrogen and oxygen atoms in total. The first-order chi connectivity index (χ1) is 10.4. The monoisotopic (exact) mass is 298 g/mol. The lowest BCUT2D eigenvalue weighted by Crippen LogP contribution is -2.19. The number of nitrogens with one attached hydrogen (secondary N) is 1. The summed E-state index contributed by atoms with van der Waals surface area (Å²) in [5, 5.41) is 20.2. The second kappa shape index (κ2) is 9.83. The van der Waals surface area contributed by atoms with Gasteiger partial charge in [0.2, 0.25) is 0 Å². The van der Waals surface area contributed by atoms with E-state index >= 15 is 0 Å². The molecule has 1 aromatic rings. The molecule has 1 atom stereocenters. The third-order valence-electron chi connectivity index (χ3n) is 3.41. The number of hydrogen-bond donors (Lipinski definition) is 2. The third-order valence-corrected chi connectivity index (χ3v) is 3.41. The van der Waals surface area contributed by atoms with Gasteiger partial charge in [-0.1, -0.05) is 5.21 Å². The molecule has 0 saturated carbocycles. The van der Waals surface area contributed by atoms with Crippen LogP contribution in [-0.4, -0.2) is 59.2 Å². The third kappa shape index (κ3) is 6.52. The van der Waals surface area contributed by atoms with Crippen LogP contribution in [0.4, 0.5) is 0 Å². The van der Waals surface area contributed by atoms with E-state index in [0.717, 1.165) is 51.3 Å². The van der Waals surface area contributed by atoms with Gasteiger partial charge in [0.1, 0.15) is 0 Å². The van der Waals surface area contributed by atoms with Crippen LogP contribution in [0.25, 0.3) is 0 Å². The Morgan fingerprint density at radius 3 is 3.24 bits per heavy atom. The van der Waals surface area contributed by atoms with Crippen LogP contribution in [0.15, 0.2) is 6.20 Å². The van der Waals surface area contributed by atoms with Crippen molar-refractivity contribution in [2.24, 2.45) is 0 Å². The summed E-state index contributed by atoms with van der Waals surface area (Å²) in [5.41, 5.74) is 0.924. The predicted octanol–water partition coefficient (Wildman–Crippen LogP) is 0.336. The second-order valence-corrected chi connectivity index (χ2v) is 5.29. The van der Waals surface area contributed by atoms with Crippen molar-refractivity contribution in [1.29, 1.82) is 0 Å². The van der Waals surface area contributed by atoms with Gasteiger partial charge >= 0.3 is 0 Å². The molecule has 21 heavy (non-hydrogen) atoms. The van der Waals surface area contributed by atoms with Crippen LogP contribution in [-0.2, 0) is 22.6 Å². The molecule has 0 radical (unpaired) electrons. The lowest BCUT2D eigenvalue weighted by Gasteiger charge is -2.09. The minimum Gasteiger partial charge on any atom is -0.396 e. The highest BCUT2D eigenvalue weighted by Gasteiger charge is 2.14. The maximum Gasteiger partial charge on any atom is 0.0964 e. The molecule has 0 aromatic carbocycles. The maximum atomic E-state index is 8.75. The Balaban J connectivity index is 1.44. The molecule has 0 bridgehead atoms. The maximum absolute atomic E-state index is 8.75. The van der Waals surface area contributed by atoms with Crippen LogP contribution in [0, 0.1) is 0 Å². The zero-order valence-electron chi connectivity index (χ0n) is 12.5. The van der Waals surface area contributed by atoms with Crippen molar-refractivity contribution in [3.63, 3.8) is 0 Å². The Hall–Kier alpha value is -1.02. The van der Waals surface area contributed by atoms with Crippen LogP contribution in [0.3, 0.4) is 0 Å². The first kappa shape index (κ1) is 16.4. The molecular formula is C14H26N4O3. The lowest BCUT2D eigenvalue weighted by molar-refractivity contribution is 0.0166. The van der Waals surface area contributed by atoms with Gasteiger partial charge in [-0.2, -0.15) is 0 Å². The minimum absolute atomic E-state index is 0.180. The zero-order valence-corrected chi connectivity index (χ0v) is 12.5. The number of ether oxygens (including phenoxy) is 2. The Labute approximate surface area is 125 Å². The number of rotatable bonds is 11. The molecule has 2 heterocycles. The highest BCUT2D eigenvalue weighted by atomic mass is 16.5. The SMILES string of the molecule is OCCCn1cc(CNCCCOCC2CCCO2)nn1. The van der Waals surface area contributed by atoms with Crippen molar-refractivity contribution in [2.45, 2.75) is 44.9 Å². The van der Waals surface area contributed by atoms with Crippen molar-refractivity contribution >= 4 is 0 Å². The number of aromatic nitrogens is 3. The van der Waals surface area contributed by atoms with Crippen molar-refractivity contribution in [3.8, 4) is 0 Å². The van der Waals surface area contributed by atoms with Crippen LogP contribution >= 0.6 is 0 Å². The number of aliphatic hydroxyl groups is 1. The van der Waals surface area contributed by atoms with E-state index in [1.807, 2.05) is 6.20 Å². The molecule has 2 rings (SSSR count). The van der Waals surface area contributed by atoms with Gasteiger partial charge in [0.15, 0.2) is 0 Å². The average Bonchev–Trinajstić information content (AvgIpc) is 3.15. The summed E-state index contributed by atoms with van der Waals surface area (Å²) in [6, 6.07) is 0. The van der Waals surface area contributed by atoms with E-state index in [0.29, 0.717) is 25.6 Å². The van der Waals surface area contributed by atoms with E-state index in [1.165, 1.54) is 0 Å². The van der Waals surface area contributed by atoms with Crippen molar-refractivity contribution in [1.82, 2.24) is 20.3 Å². The number of aryl methyl sites for hydroxylation is 1. The molecule has 1 aromatic heterocycles. The van der Waals surface area contributed by atoms with E-state index in [-0.39, 0.29) is 6.61 Å². The molecule has 2 N–H and O–H groups in total. The molecule has 0 aliphatic carbocycles. The van der Waals surface area contributed by atoms with Crippen LogP contribution < -0.4 is 5.32 Å². The smallest absolute Gasteiger partial charge is 0.0964 e. The number of aliphatic hydroxyl groups excluding tert-OH is 1. The van der Waals surface area contributed by atoms with Gasteiger partial charge in [0, 0.05) is 39.1 Å². The molecule has 7 heteroatoms. The number of hydrogen-bond acceptors (Lipinski definition) is 6. The topological polar surface area (TPSA) is 81.4 Å². The van der Waals surface area contributed by atoms with Crippen molar-refractivity contribution in [3.05, 3.63) is 11.9 Å². The molecule has 0 amide bonds. The fourth-order valence-electron chi connectivity index (χ4n) is 2.27. The summed E-state index contributed by atoms with van der Waals surface area (Å²) < 4.78 is 12.9.